The normalized spacial score (nSPS) is 16.4. The number of hydrogen-bond acceptors (Lipinski definition) is 10. The lowest BCUT2D eigenvalue weighted by Crippen LogP contribution is -2.46. The third-order valence-electron chi connectivity index (χ3n) is 8.39. The Balaban J connectivity index is 1.80. The second kappa shape index (κ2) is 13.5. The van der Waals surface area contributed by atoms with E-state index in [2.05, 4.69) is 60.2 Å². The smallest absolute Gasteiger partial charge is 0.414 e. The molecule has 3 heterocycles. The predicted octanol–water partition coefficient (Wildman–Crippen LogP) is 7.35. The molecule has 47 heavy (non-hydrogen) atoms. The summed E-state index contributed by atoms with van der Waals surface area (Å²) in [5.74, 6) is -0.268. The van der Waals surface area contributed by atoms with Gasteiger partial charge in [-0.3, -0.25) is 4.90 Å². The number of fused-ring (bicyclic) bond motifs is 1. The largest absolute Gasteiger partial charge is 0.474 e. The quantitative estimate of drug-likeness (QED) is 0.173. The zero-order valence-electron chi connectivity index (χ0n) is 28.9. The zero-order chi connectivity index (χ0) is 34.8. The van der Waals surface area contributed by atoms with Gasteiger partial charge in [0.15, 0.2) is 14.1 Å². The number of halogens is 1. The second-order valence-corrected chi connectivity index (χ2v) is 19.2. The van der Waals surface area contributed by atoms with Gasteiger partial charge in [0.2, 0.25) is 11.8 Å². The summed E-state index contributed by atoms with van der Waals surface area (Å²) < 4.78 is 38.7. The van der Waals surface area contributed by atoms with Gasteiger partial charge in [-0.25, -0.2) is 24.1 Å². The van der Waals surface area contributed by atoms with Gasteiger partial charge in [-0.1, -0.05) is 27.7 Å². The van der Waals surface area contributed by atoms with Crippen molar-refractivity contribution in [3.8, 4) is 23.2 Å². The van der Waals surface area contributed by atoms with Crippen molar-refractivity contribution >= 4 is 31.7 Å². The Hall–Kier alpha value is -4.12. The molecule has 252 valence electrons. The summed E-state index contributed by atoms with van der Waals surface area (Å²) in [6.07, 6.45) is 2.09. The highest BCUT2D eigenvalue weighted by molar-refractivity contribution is 6.74. The Bertz CT molecular complexity index is 1670. The van der Waals surface area contributed by atoms with Crippen LogP contribution in [0.1, 0.15) is 59.6 Å². The number of anilines is 3. The number of ether oxygens (including phenoxy) is 3. The molecule has 3 aromatic rings. The van der Waals surface area contributed by atoms with Crippen molar-refractivity contribution in [1.29, 1.82) is 5.26 Å². The number of rotatable bonds is 10. The molecule has 11 nitrogen and oxygen atoms in total. The number of carbonyl (C=O) groups excluding carboxylic acids is 1. The highest BCUT2D eigenvalue weighted by Gasteiger charge is 2.47. The maximum absolute atomic E-state index is 15.5. The van der Waals surface area contributed by atoms with Crippen LogP contribution in [-0.4, -0.2) is 68.4 Å². The Morgan fingerprint density at radius 1 is 1.17 bits per heavy atom. The first kappa shape index (κ1) is 35.7. The van der Waals surface area contributed by atoms with E-state index in [0.29, 0.717) is 35.0 Å². The van der Waals surface area contributed by atoms with Crippen LogP contribution in [0.2, 0.25) is 18.1 Å². The van der Waals surface area contributed by atoms with Gasteiger partial charge in [-0.05, 0) is 68.7 Å². The first-order valence-electron chi connectivity index (χ1n) is 15.5. The molecule has 1 aliphatic heterocycles. The van der Waals surface area contributed by atoms with Crippen LogP contribution in [0, 0.1) is 17.1 Å². The van der Waals surface area contributed by atoms with Crippen LogP contribution in [-0.2, 0) is 19.3 Å². The summed E-state index contributed by atoms with van der Waals surface area (Å²) in [4.78, 5) is 27.9. The van der Waals surface area contributed by atoms with Crippen LogP contribution in [0.4, 0.5) is 26.5 Å². The van der Waals surface area contributed by atoms with Crippen molar-refractivity contribution in [3.05, 3.63) is 53.6 Å². The number of amides is 1. The topological polar surface area (TPSA) is 132 Å². The van der Waals surface area contributed by atoms with E-state index in [0.717, 1.165) is 6.20 Å². The van der Waals surface area contributed by atoms with E-state index >= 15 is 4.39 Å². The average molecular weight is 665 g/mol. The summed E-state index contributed by atoms with van der Waals surface area (Å²) in [7, 11) is -0.634. The van der Waals surface area contributed by atoms with Gasteiger partial charge in [0.05, 0.1) is 24.1 Å². The zero-order valence-corrected chi connectivity index (χ0v) is 29.9. The molecule has 0 spiro atoms. The molecule has 0 radical (unpaired) electrons. The lowest BCUT2D eigenvalue weighted by atomic mass is 9.83. The van der Waals surface area contributed by atoms with Gasteiger partial charge in [0, 0.05) is 37.4 Å². The molecule has 1 atom stereocenters. The van der Waals surface area contributed by atoms with E-state index in [9.17, 15) is 10.1 Å². The van der Waals surface area contributed by atoms with Crippen LogP contribution in [0.15, 0.2) is 36.7 Å². The maximum Gasteiger partial charge on any atom is 0.414 e. The molecule has 2 aromatic heterocycles. The second-order valence-electron chi connectivity index (χ2n) is 14.4. The van der Waals surface area contributed by atoms with Crippen molar-refractivity contribution in [3.63, 3.8) is 0 Å². The minimum atomic E-state index is -2.21. The number of nitrogens with one attached hydrogen (secondary N) is 1. The highest BCUT2D eigenvalue weighted by Crippen LogP contribution is 2.47. The lowest BCUT2D eigenvalue weighted by Gasteiger charge is -2.39. The monoisotopic (exact) mass is 664 g/mol. The molecule has 0 fully saturated rings. The van der Waals surface area contributed by atoms with Crippen molar-refractivity contribution in [2.45, 2.75) is 77.6 Å². The molecule has 0 saturated heterocycles. The first-order chi connectivity index (χ1) is 21.9. The average Bonchev–Trinajstić information content (AvgIpc) is 3.29. The fourth-order valence-electron chi connectivity index (χ4n) is 4.85. The molecular formula is C34H45FN6O5Si. The summed E-state index contributed by atoms with van der Waals surface area (Å²) in [6.45, 7) is 19.3. The molecule has 0 bridgehead atoms. The summed E-state index contributed by atoms with van der Waals surface area (Å²) in [5, 5.41) is 13.4. The number of aromatic nitrogens is 3. The summed E-state index contributed by atoms with van der Waals surface area (Å²) in [6, 6.07) is 9.01. The summed E-state index contributed by atoms with van der Waals surface area (Å²) in [5.41, 5.74) is 0.614. The van der Waals surface area contributed by atoms with Gasteiger partial charge in [0.25, 0.3) is 0 Å². The number of nitriles is 1. The van der Waals surface area contributed by atoms with Crippen LogP contribution >= 0.6 is 0 Å². The third-order valence-corrected chi connectivity index (χ3v) is 12.9. The number of nitrogens with zero attached hydrogens (tertiary/aromatic N) is 5. The molecular weight excluding hydrogens is 619 g/mol. The molecule has 4 rings (SSSR count). The van der Waals surface area contributed by atoms with Gasteiger partial charge < -0.3 is 24.0 Å². The van der Waals surface area contributed by atoms with Crippen LogP contribution < -0.4 is 15.0 Å². The van der Waals surface area contributed by atoms with Crippen LogP contribution in [0.25, 0.3) is 11.3 Å². The van der Waals surface area contributed by atoms with Crippen molar-refractivity contribution in [2.24, 2.45) is 0 Å². The maximum atomic E-state index is 15.5. The standard InChI is InChI=1S/C34H45FN6O5Si/c1-32(2,3)46-31(42)41-20-34(7,21-45-47(9,10)33(4,5)6)24-17-22(16-23(18-36)28(24)41)27-25(35)19-38-30(40-27)39-26-12-11-13-37-29(26)44-15-14-43-8/h11-13,16-17,19H,14-15,20-21H2,1-10H3,(H,38,39,40)/t34-/m1/s1. The lowest BCUT2D eigenvalue weighted by molar-refractivity contribution is 0.0575. The number of methoxy groups -OCH3 is 1. The molecule has 0 aliphatic carbocycles. The predicted molar refractivity (Wildman–Crippen MR) is 181 cm³/mol. The first-order valence-corrected chi connectivity index (χ1v) is 18.4. The molecule has 0 unspecified atom stereocenters. The molecule has 1 N–H and O–H groups in total. The van der Waals surface area contributed by atoms with Crippen LogP contribution in [0.3, 0.4) is 0 Å². The van der Waals surface area contributed by atoms with E-state index in [1.165, 1.54) is 11.0 Å². The Morgan fingerprint density at radius 2 is 1.89 bits per heavy atom. The molecule has 1 aliphatic rings. The number of pyridine rings is 1. The van der Waals surface area contributed by atoms with Crippen LogP contribution in [0.5, 0.6) is 5.88 Å². The van der Waals surface area contributed by atoms with Crippen molar-refractivity contribution < 1.29 is 27.8 Å². The fraction of sp³-hybridized carbons (Fsp3) is 0.500. The number of hydrogen-bond donors (Lipinski definition) is 1. The fourth-order valence-corrected chi connectivity index (χ4v) is 5.96. The van der Waals surface area contributed by atoms with E-state index in [-0.39, 0.29) is 42.0 Å². The Labute approximate surface area is 277 Å². The van der Waals surface area contributed by atoms with E-state index in [1.807, 2.05) is 6.92 Å². The summed E-state index contributed by atoms with van der Waals surface area (Å²) >= 11 is 0. The Morgan fingerprint density at radius 3 is 2.53 bits per heavy atom. The molecule has 1 aromatic carbocycles. The molecule has 1 amide bonds. The van der Waals surface area contributed by atoms with E-state index < -0.39 is 31.2 Å². The molecule has 0 saturated carbocycles. The molecule has 13 heteroatoms. The SMILES string of the molecule is COCCOc1ncccc1Nc1ncc(F)c(-c2cc(C#N)c3c(c2)[C@@](C)(CO[Si](C)(C)C(C)(C)C)CN3C(=O)OC(C)(C)C)n1. The van der Waals surface area contributed by atoms with Gasteiger partial charge in [-0.2, -0.15) is 5.26 Å². The highest BCUT2D eigenvalue weighted by atomic mass is 28.4. The van der Waals surface area contributed by atoms with E-state index in [1.54, 1.807) is 52.3 Å². The minimum absolute atomic E-state index is 0.0177. The number of benzene rings is 1. The van der Waals surface area contributed by atoms with Gasteiger partial charge >= 0.3 is 6.09 Å². The van der Waals surface area contributed by atoms with Crippen molar-refractivity contribution in [2.75, 3.05) is 43.7 Å². The Kier molecular flexibility index (Phi) is 10.3. The van der Waals surface area contributed by atoms with Gasteiger partial charge in [0.1, 0.15) is 29.7 Å². The van der Waals surface area contributed by atoms with E-state index in [4.69, 9.17) is 18.6 Å². The minimum Gasteiger partial charge on any atom is -0.474 e. The number of carbonyl (C=O) groups is 1. The van der Waals surface area contributed by atoms with Crippen molar-refractivity contribution in [1.82, 2.24) is 15.0 Å². The van der Waals surface area contributed by atoms with Gasteiger partial charge in [-0.15, -0.1) is 0 Å². The third kappa shape index (κ3) is 8.06.